The highest BCUT2D eigenvalue weighted by molar-refractivity contribution is 5.89. The third-order valence-corrected chi connectivity index (χ3v) is 3.01. The first kappa shape index (κ1) is 17.7. The van der Waals surface area contributed by atoms with E-state index in [1.165, 1.54) is 0 Å². The standard InChI is InChI=1S/C18H24N4O2/c1-6-24-16(23)13-7-9-14(10-8-13)20-17-19-12(2)11-15(21-17)22-18(3,4)5/h7-11H,6H2,1-5H3,(H2,19,20,21,22). The van der Waals surface area contributed by atoms with Crippen LogP contribution in [0.3, 0.4) is 0 Å². The van der Waals surface area contributed by atoms with Crippen LogP contribution in [0.4, 0.5) is 17.5 Å². The maximum absolute atomic E-state index is 11.7. The van der Waals surface area contributed by atoms with Gasteiger partial charge in [0.1, 0.15) is 5.82 Å². The molecule has 0 amide bonds. The number of anilines is 3. The van der Waals surface area contributed by atoms with E-state index in [0.717, 1.165) is 17.2 Å². The molecule has 0 spiro atoms. The largest absolute Gasteiger partial charge is 0.462 e. The van der Waals surface area contributed by atoms with Gasteiger partial charge in [0.2, 0.25) is 5.95 Å². The fraction of sp³-hybridized carbons (Fsp3) is 0.389. The van der Waals surface area contributed by atoms with E-state index in [4.69, 9.17) is 4.74 Å². The van der Waals surface area contributed by atoms with E-state index in [2.05, 4.69) is 41.4 Å². The first-order chi connectivity index (χ1) is 11.3. The number of nitrogens with one attached hydrogen (secondary N) is 2. The number of esters is 1. The number of hydrogen-bond donors (Lipinski definition) is 2. The van der Waals surface area contributed by atoms with Gasteiger partial charge in [-0.1, -0.05) is 0 Å². The number of rotatable bonds is 5. The lowest BCUT2D eigenvalue weighted by molar-refractivity contribution is 0.0526. The van der Waals surface area contributed by atoms with Crippen LogP contribution in [0.25, 0.3) is 0 Å². The third-order valence-electron chi connectivity index (χ3n) is 3.01. The molecule has 0 saturated heterocycles. The molecule has 6 heteroatoms. The minimum Gasteiger partial charge on any atom is -0.462 e. The quantitative estimate of drug-likeness (QED) is 0.810. The predicted octanol–water partition coefficient (Wildman–Crippen LogP) is 3.92. The molecular weight excluding hydrogens is 304 g/mol. The minimum atomic E-state index is -0.326. The number of aryl methyl sites for hydroxylation is 1. The topological polar surface area (TPSA) is 76.1 Å². The molecule has 0 aliphatic rings. The number of hydrogen-bond acceptors (Lipinski definition) is 6. The van der Waals surface area contributed by atoms with Crippen LogP contribution in [0.15, 0.2) is 30.3 Å². The number of ether oxygens (including phenoxy) is 1. The van der Waals surface area contributed by atoms with Crippen molar-refractivity contribution in [2.75, 3.05) is 17.2 Å². The summed E-state index contributed by atoms with van der Waals surface area (Å²) in [7, 11) is 0. The summed E-state index contributed by atoms with van der Waals surface area (Å²) in [5.74, 6) is 0.943. The van der Waals surface area contributed by atoms with Gasteiger partial charge in [0.25, 0.3) is 0 Å². The first-order valence-electron chi connectivity index (χ1n) is 7.95. The van der Waals surface area contributed by atoms with Gasteiger partial charge in [-0.15, -0.1) is 0 Å². The van der Waals surface area contributed by atoms with E-state index in [1.807, 2.05) is 13.0 Å². The summed E-state index contributed by atoms with van der Waals surface area (Å²) in [6.45, 7) is 10.3. The second-order valence-electron chi connectivity index (χ2n) is 6.52. The normalized spacial score (nSPS) is 11.0. The molecule has 0 aliphatic heterocycles. The Morgan fingerprint density at radius 2 is 1.83 bits per heavy atom. The Hall–Kier alpha value is -2.63. The molecule has 0 aliphatic carbocycles. The van der Waals surface area contributed by atoms with E-state index < -0.39 is 0 Å². The summed E-state index contributed by atoms with van der Waals surface area (Å²) in [5.41, 5.74) is 2.10. The van der Waals surface area contributed by atoms with Crippen LogP contribution in [0.5, 0.6) is 0 Å². The predicted molar refractivity (Wildman–Crippen MR) is 95.8 cm³/mol. The Bertz CT molecular complexity index is 706. The molecule has 0 radical (unpaired) electrons. The van der Waals surface area contributed by atoms with Crippen LogP contribution in [0.1, 0.15) is 43.7 Å². The molecule has 6 nitrogen and oxygen atoms in total. The van der Waals surface area contributed by atoms with E-state index in [9.17, 15) is 4.79 Å². The molecule has 1 aromatic heterocycles. The molecule has 0 bridgehead atoms. The molecule has 2 N–H and O–H groups in total. The van der Waals surface area contributed by atoms with Gasteiger partial charge in [0, 0.05) is 23.0 Å². The van der Waals surface area contributed by atoms with Gasteiger partial charge in [-0.25, -0.2) is 9.78 Å². The minimum absolute atomic E-state index is 0.0840. The van der Waals surface area contributed by atoms with Crippen LogP contribution in [0, 0.1) is 6.92 Å². The molecule has 0 saturated carbocycles. The van der Waals surface area contributed by atoms with Gasteiger partial charge in [0.15, 0.2) is 0 Å². The lowest BCUT2D eigenvalue weighted by atomic mass is 10.1. The summed E-state index contributed by atoms with van der Waals surface area (Å²) < 4.78 is 4.97. The zero-order chi connectivity index (χ0) is 17.7. The van der Waals surface area contributed by atoms with Crippen molar-refractivity contribution in [1.29, 1.82) is 0 Å². The van der Waals surface area contributed by atoms with E-state index in [0.29, 0.717) is 18.1 Å². The molecule has 0 atom stereocenters. The van der Waals surface area contributed by atoms with Crippen molar-refractivity contribution < 1.29 is 9.53 Å². The average Bonchev–Trinajstić information content (AvgIpc) is 2.45. The number of benzene rings is 1. The maximum Gasteiger partial charge on any atom is 0.338 e. The third kappa shape index (κ3) is 5.22. The number of carbonyl (C=O) groups is 1. The molecule has 1 heterocycles. The number of carbonyl (C=O) groups excluding carboxylic acids is 1. The lowest BCUT2D eigenvalue weighted by Gasteiger charge is -2.21. The molecular formula is C18H24N4O2. The molecule has 24 heavy (non-hydrogen) atoms. The van der Waals surface area contributed by atoms with Gasteiger partial charge >= 0.3 is 5.97 Å². The van der Waals surface area contributed by atoms with Gasteiger partial charge in [-0.05, 0) is 58.9 Å². The number of nitrogens with zero attached hydrogens (tertiary/aromatic N) is 2. The summed E-state index contributed by atoms with van der Waals surface area (Å²) in [5, 5.41) is 6.49. The Kier molecular flexibility index (Phi) is 5.39. The summed E-state index contributed by atoms with van der Waals surface area (Å²) in [4.78, 5) is 20.5. The molecule has 128 valence electrons. The number of aromatic nitrogens is 2. The highest BCUT2D eigenvalue weighted by Gasteiger charge is 2.12. The fourth-order valence-corrected chi connectivity index (χ4v) is 2.11. The van der Waals surface area contributed by atoms with Gasteiger partial charge < -0.3 is 15.4 Å². The van der Waals surface area contributed by atoms with Crippen molar-refractivity contribution in [1.82, 2.24) is 9.97 Å². The monoisotopic (exact) mass is 328 g/mol. The van der Waals surface area contributed by atoms with Crippen LogP contribution < -0.4 is 10.6 Å². The average molecular weight is 328 g/mol. The fourth-order valence-electron chi connectivity index (χ4n) is 2.11. The summed E-state index contributed by atoms with van der Waals surface area (Å²) >= 11 is 0. The van der Waals surface area contributed by atoms with Gasteiger partial charge in [-0.3, -0.25) is 0 Å². The van der Waals surface area contributed by atoms with Crippen LogP contribution >= 0.6 is 0 Å². The van der Waals surface area contributed by atoms with Crippen molar-refractivity contribution in [3.8, 4) is 0 Å². The molecule has 2 rings (SSSR count). The van der Waals surface area contributed by atoms with E-state index in [1.54, 1.807) is 31.2 Å². The van der Waals surface area contributed by atoms with Crippen LogP contribution in [-0.4, -0.2) is 28.1 Å². The first-order valence-corrected chi connectivity index (χ1v) is 7.95. The van der Waals surface area contributed by atoms with Crippen LogP contribution in [-0.2, 0) is 4.74 Å². The van der Waals surface area contributed by atoms with Crippen molar-refractivity contribution in [3.05, 3.63) is 41.6 Å². The molecule has 1 aromatic carbocycles. The van der Waals surface area contributed by atoms with Crippen molar-refractivity contribution in [2.45, 2.75) is 40.2 Å². The van der Waals surface area contributed by atoms with E-state index in [-0.39, 0.29) is 11.5 Å². The molecule has 0 unspecified atom stereocenters. The highest BCUT2D eigenvalue weighted by atomic mass is 16.5. The lowest BCUT2D eigenvalue weighted by Crippen LogP contribution is -2.27. The smallest absolute Gasteiger partial charge is 0.338 e. The second-order valence-corrected chi connectivity index (χ2v) is 6.52. The molecule has 0 fully saturated rings. The Morgan fingerprint density at radius 1 is 1.17 bits per heavy atom. The van der Waals surface area contributed by atoms with Gasteiger partial charge in [0.05, 0.1) is 12.2 Å². The SMILES string of the molecule is CCOC(=O)c1ccc(Nc2nc(C)cc(NC(C)(C)C)n2)cc1. The Morgan fingerprint density at radius 3 is 2.42 bits per heavy atom. The highest BCUT2D eigenvalue weighted by Crippen LogP contribution is 2.19. The summed E-state index contributed by atoms with van der Waals surface area (Å²) in [6, 6.07) is 8.93. The maximum atomic E-state index is 11.7. The summed E-state index contributed by atoms with van der Waals surface area (Å²) in [6.07, 6.45) is 0. The zero-order valence-electron chi connectivity index (χ0n) is 14.8. The van der Waals surface area contributed by atoms with Crippen molar-refractivity contribution >= 4 is 23.4 Å². The Balaban J connectivity index is 2.14. The van der Waals surface area contributed by atoms with Crippen molar-refractivity contribution in [2.24, 2.45) is 0 Å². The Labute approximate surface area is 142 Å². The molecule has 2 aromatic rings. The van der Waals surface area contributed by atoms with Crippen molar-refractivity contribution in [3.63, 3.8) is 0 Å². The van der Waals surface area contributed by atoms with E-state index >= 15 is 0 Å². The second kappa shape index (κ2) is 7.29. The van der Waals surface area contributed by atoms with Crippen LogP contribution in [0.2, 0.25) is 0 Å². The van der Waals surface area contributed by atoms with Gasteiger partial charge in [-0.2, -0.15) is 4.98 Å². The zero-order valence-corrected chi connectivity index (χ0v) is 14.8.